The van der Waals surface area contributed by atoms with E-state index >= 15 is 0 Å². The Morgan fingerprint density at radius 3 is 2.84 bits per heavy atom. The maximum absolute atomic E-state index is 13.7. The zero-order valence-corrected chi connectivity index (χ0v) is 14.4. The van der Waals surface area contributed by atoms with E-state index in [2.05, 4.69) is 4.98 Å². The van der Waals surface area contributed by atoms with Gasteiger partial charge in [0.25, 0.3) is 5.97 Å². The topological polar surface area (TPSA) is 93.3 Å². The number of nitrogens with two attached hydrogens (primary N) is 1. The second-order valence-electron chi connectivity index (χ2n) is 5.56. The number of carbonyl (C=O) groups is 1. The first-order chi connectivity index (χ1) is 11.8. The minimum absolute atomic E-state index is 0.0981. The maximum atomic E-state index is 13.7. The van der Waals surface area contributed by atoms with Gasteiger partial charge < -0.3 is 25.1 Å². The molecule has 4 N–H and O–H groups in total. The van der Waals surface area contributed by atoms with Crippen LogP contribution in [0.2, 0.25) is 0 Å². The van der Waals surface area contributed by atoms with E-state index in [-0.39, 0.29) is 11.8 Å². The Kier molecular flexibility index (Phi) is 6.27. The van der Waals surface area contributed by atoms with Crippen LogP contribution in [0.5, 0.6) is 5.75 Å². The van der Waals surface area contributed by atoms with Crippen LogP contribution in [-0.2, 0) is 17.6 Å². The Hall–Kier alpha value is -2.26. The zero-order valence-electron chi connectivity index (χ0n) is 13.6. The standard InChI is InChI=1S/C14H15F2N3OS.C2H4O2/c15-9-3-8-4-11(7-20-13(8)12(16)5-9)19-10(1-2-17)6-18-14(19)21;1-2(3)4/h3,5-6,11H,1-2,4,7,17H2,(H,18,21);1H3,(H,3,4). The van der Waals surface area contributed by atoms with Crippen LogP contribution < -0.4 is 10.5 Å². The number of imidazole rings is 1. The highest BCUT2D eigenvalue weighted by Gasteiger charge is 2.26. The molecule has 136 valence electrons. The molecule has 0 bridgehead atoms. The molecule has 2 heterocycles. The molecule has 25 heavy (non-hydrogen) atoms. The first-order valence-corrected chi connectivity index (χ1v) is 8.03. The molecule has 2 aromatic rings. The van der Waals surface area contributed by atoms with E-state index in [9.17, 15) is 8.78 Å². The van der Waals surface area contributed by atoms with Crippen LogP contribution in [-0.4, -0.2) is 33.8 Å². The molecule has 0 spiro atoms. The first kappa shape index (κ1) is 19.1. The lowest BCUT2D eigenvalue weighted by atomic mass is 10.0. The van der Waals surface area contributed by atoms with Crippen LogP contribution in [0.3, 0.4) is 0 Å². The van der Waals surface area contributed by atoms with Crippen molar-refractivity contribution in [2.45, 2.75) is 25.8 Å². The van der Waals surface area contributed by atoms with Gasteiger partial charge in [0.1, 0.15) is 12.4 Å². The molecule has 0 fully saturated rings. The number of fused-ring (bicyclic) bond motifs is 1. The monoisotopic (exact) mass is 371 g/mol. The fraction of sp³-hybridized carbons (Fsp3) is 0.375. The van der Waals surface area contributed by atoms with Crippen molar-refractivity contribution < 1.29 is 23.4 Å². The maximum Gasteiger partial charge on any atom is 0.300 e. The lowest BCUT2D eigenvalue weighted by Crippen LogP contribution is -2.27. The largest absolute Gasteiger partial charge is 0.488 e. The number of aromatic nitrogens is 2. The number of hydrogen-bond acceptors (Lipinski definition) is 4. The van der Waals surface area contributed by atoms with Crippen molar-refractivity contribution in [2.24, 2.45) is 5.73 Å². The number of aliphatic carboxylic acids is 1. The van der Waals surface area contributed by atoms with E-state index in [0.29, 0.717) is 36.3 Å². The Morgan fingerprint density at radius 2 is 2.20 bits per heavy atom. The summed E-state index contributed by atoms with van der Waals surface area (Å²) < 4.78 is 35.0. The number of halogens is 2. The highest BCUT2D eigenvalue weighted by Crippen LogP contribution is 2.33. The molecule has 0 aliphatic carbocycles. The third-order valence-electron chi connectivity index (χ3n) is 3.62. The Labute approximate surface area is 148 Å². The quantitative estimate of drug-likeness (QED) is 0.721. The Balaban J connectivity index is 0.000000511. The summed E-state index contributed by atoms with van der Waals surface area (Å²) in [5.74, 6) is -1.96. The molecule has 3 rings (SSSR count). The van der Waals surface area contributed by atoms with Gasteiger partial charge in [-0.25, -0.2) is 8.78 Å². The summed E-state index contributed by atoms with van der Waals surface area (Å²) >= 11 is 5.28. The summed E-state index contributed by atoms with van der Waals surface area (Å²) in [6.07, 6.45) is 2.96. The predicted octanol–water partition coefficient (Wildman–Crippen LogP) is 2.59. The molecule has 0 saturated carbocycles. The van der Waals surface area contributed by atoms with Gasteiger partial charge in [-0.15, -0.1) is 0 Å². The lowest BCUT2D eigenvalue weighted by molar-refractivity contribution is -0.134. The predicted molar refractivity (Wildman–Crippen MR) is 90.3 cm³/mol. The van der Waals surface area contributed by atoms with Crippen LogP contribution in [0.25, 0.3) is 0 Å². The second kappa shape index (κ2) is 8.21. The highest BCUT2D eigenvalue weighted by molar-refractivity contribution is 7.71. The molecule has 1 atom stereocenters. The highest BCUT2D eigenvalue weighted by atomic mass is 32.1. The number of hydrogen-bond donors (Lipinski definition) is 3. The first-order valence-electron chi connectivity index (χ1n) is 7.62. The van der Waals surface area contributed by atoms with Gasteiger partial charge in [-0.1, -0.05) is 0 Å². The number of H-pyrrole nitrogens is 1. The fourth-order valence-corrected chi connectivity index (χ4v) is 3.07. The molecule has 6 nitrogen and oxygen atoms in total. The zero-order chi connectivity index (χ0) is 18.6. The van der Waals surface area contributed by atoms with Gasteiger partial charge in [0.15, 0.2) is 16.3 Å². The molecule has 1 aromatic heterocycles. The van der Waals surface area contributed by atoms with Crippen molar-refractivity contribution in [3.63, 3.8) is 0 Å². The smallest absolute Gasteiger partial charge is 0.300 e. The third-order valence-corrected chi connectivity index (χ3v) is 3.93. The van der Waals surface area contributed by atoms with Crippen LogP contribution >= 0.6 is 12.2 Å². The van der Waals surface area contributed by atoms with Crippen LogP contribution in [0.4, 0.5) is 8.78 Å². The Bertz CT molecular complexity index is 815. The lowest BCUT2D eigenvalue weighted by Gasteiger charge is -2.27. The van der Waals surface area contributed by atoms with Crippen molar-refractivity contribution in [2.75, 3.05) is 13.2 Å². The van der Waals surface area contributed by atoms with Gasteiger partial charge in [0, 0.05) is 43.3 Å². The van der Waals surface area contributed by atoms with Crippen molar-refractivity contribution in [3.8, 4) is 5.75 Å². The van der Waals surface area contributed by atoms with Crippen molar-refractivity contribution in [1.29, 1.82) is 0 Å². The number of benzene rings is 1. The number of ether oxygens (including phenoxy) is 1. The minimum atomic E-state index is -0.833. The van der Waals surface area contributed by atoms with Crippen LogP contribution in [0.1, 0.15) is 24.2 Å². The summed E-state index contributed by atoms with van der Waals surface area (Å²) in [5.41, 5.74) is 7.08. The normalized spacial score (nSPS) is 15.6. The molecular formula is C16H19F2N3O3S. The van der Waals surface area contributed by atoms with Gasteiger partial charge in [-0.3, -0.25) is 4.79 Å². The summed E-state index contributed by atoms with van der Waals surface area (Å²) in [6, 6.07) is 2.05. The number of carboxylic acid groups (broad SMARTS) is 1. The van der Waals surface area contributed by atoms with E-state index in [1.54, 1.807) is 0 Å². The summed E-state index contributed by atoms with van der Waals surface area (Å²) in [7, 11) is 0. The van der Waals surface area contributed by atoms with Gasteiger partial charge in [-0.05, 0) is 24.8 Å². The number of nitrogens with zero attached hydrogens (tertiary/aromatic N) is 1. The van der Waals surface area contributed by atoms with Crippen molar-refractivity contribution >= 4 is 18.2 Å². The Morgan fingerprint density at radius 1 is 1.52 bits per heavy atom. The van der Waals surface area contributed by atoms with Crippen molar-refractivity contribution in [3.05, 3.63) is 46.0 Å². The number of aromatic amines is 1. The van der Waals surface area contributed by atoms with E-state index < -0.39 is 17.6 Å². The van der Waals surface area contributed by atoms with Gasteiger partial charge in [-0.2, -0.15) is 0 Å². The van der Waals surface area contributed by atoms with Crippen LogP contribution in [0.15, 0.2) is 18.3 Å². The van der Waals surface area contributed by atoms with Gasteiger partial charge in [0.2, 0.25) is 0 Å². The summed E-state index contributed by atoms with van der Waals surface area (Å²) in [5, 5.41) is 7.42. The molecule has 1 aromatic carbocycles. The number of rotatable bonds is 3. The second-order valence-corrected chi connectivity index (χ2v) is 5.94. The summed E-state index contributed by atoms with van der Waals surface area (Å²) in [4.78, 5) is 12.0. The van der Waals surface area contributed by atoms with E-state index in [0.717, 1.165) is 18.7 Å². The van der Waals surface area contributed by atoms with Gasteiger partial charge in [0.05, 0.1) is 6.04 Å². The van der Waals surface area contributed by atoms with E-state index in [4.69, 9.17) is 32.6 Å². The third kappa shape index (κ3) is 4.64. The average molecular weight is 371 g/mol. The summed E-state index contributed by atoms with van der Waals surface area (Å²) in [6.45, 7) is 1.87. The SMILES string of the molecule is CC(=O)O.NCCc1c[nH]c(=S)n1C1COc2c(F)cc(F)cc2C1. The number of nitrogens with one attached hydrogen (secondary N) is 1. The fourth-order valence-electron chi connectivity index (χ4n) is 2.74. The van der Waals surface area contributed by atoms with Crippen molar-refractivity contribution in [1.82, 2.24) is 9.55 Å². The molecular weight excluding hydrogens is 352 g/mol. The molecule has 1 aliphatic rings. The van der Waals surface area contributed by atoms with E-state index in [1.165, 1.54) is 6.07 Å². The molecule has 1 unspecified atom stereocenters. The molecule has 0 radical (unpaired) electrons. The van der Waals surface area contributed by atoms with Crippen LogP contribution in [0, 0.1) is 16.4 Å². The molecule has 9 heteroatoms. The average Bonchev–Trinajstić information content (AvgIpc) is 2.87. The molecule has 0 saturated heterocycles. The molecule has 0 amide bonds. The van der Waals surface area contributed by atoms with E-state index in [1.807, 2.05) is 10.8 Å². The minimum Gasteiger partial charge on any atom is -0.488 e. The van der Waals surface area contributed by atoms with Gasteiger partial charge >= 0.3 is 0 Å². The molecule has 1 aliphatic heterocycles. The number of carboxylic acids is 1.